The lowest BCUT2D eigenvalue weighted by Gasteiger charge is -2.22. The van der Waals surface area contributed by atoms with Crippen LogP contribution < -0.4 is 0 Å². The summed E-state index contributed by atoms with van der Waals surface area (Å²) in [7, 11) is 0. The summed E-state index contributed by atoms with van der Waals surface area (Å²) in [6, 6.07) is 0. The van der Waals surface area contributed by atoms with Crippen molar-refractivity contribution in [1.29, 1.82) is 0 Å². The standard InChI is InChI=1S/C18H32O3/c19-15-11-8-6-4-2-1-3-5-7-9-12-16-20-18-14-10-13-17-21-18/h18-19H,1-7,9-10,12-17H2. The Balaban J connectivity index is 1.72. The van der Waals surface area contributed by atoms with Crippen molar-refractivity contribution in [2.75, 3.05) is 19.8 Å². The van der Waals surface area contributed by atoms with Crippen LogP contribution in [0.3, 0.4) is 0 Å². The molecule has 0 amide bonds. The first-order chi connectivity index (χ1) is 10.4. The molecule has 1 fully saturated rings. The minimum atomic E-state index is -0.00339. The van der Waals surface area contributed by atoms with Crippen LogP contribution in [-0.4, -0.2) is 31.2 Å². The highest BCUT2D eigenvalue weighted by Crippen LogP contribution is 2.14. The third-order valence-corrected chi connectivity index (χ3v) is 3.84. The molecule has 0 spiro atoms. The largest absolute Gasteiger partial charge is 0.384 e. The summed E-state index contributed by atoms with van der Waals surface area (Å²) < 4.78 is 11.3. The van der Waals surface area contributed by atoms with Gasteiger partial charge in [-0.05, 0) is 32.1 Å². The Kier molecular flexibility index (Phi) is 12.7. The van der Waals surface area contributed by atoms with Crippen molar-refractivity contribution in [2.24, 2.45) is 0 Å². The van der Waals surface area contributed by atoms with Gasteiger partial charge in [-0.1, -0.05) is 44.4 Å². The van der Waals surface area contributed by atoms with Crippen LogP contribution in [0.15, 0.2) is 0 Å². The molecule has 0 aliphatic carbocycles. The first-order valence-corrected chi connectivity index (χ1v) is 8.73. The lowest BCUT2D eigenvalue weighted by atomic mass is 10.1. The van der Waals surface area contributed by atoms with E-state index < -0.39 is 0 Å². The molecule has 1 atom stereocenters. The number of rotatable bonds is 11. The van der Waals surface area contributed by atoms with Gasteiger partial charge >= 0.3 is 0 Å². The van der Waals surface area contributed by atoms with E-state index in [0.29, 0.717) is 0 Å². The van der Waals surface area contributed by atoms with Crippen LogP contribution >= 0.6 is 0 Å². The molecule has 3 nitrogen and oxygen atoms in total. The van der Waals surface area contributed by atoms with Gasteiger partial charge in [-0.25, -0.2) is 0 Å². The lowest BCUT2D eigenvalue weighted by Crippen LogP contribution is -2.22. The maximum absolute atomic E-state index is 8.51. The zero-order chi connectivity index (χ0) is 15.0. The number of hydrogen-bond acceptors (Lipinski definition) is 3. The van der Waals surface area contributed by atoms with Gasteiger partial charge in [-0.3, -0.25) is 0 Å². The van der Waals surface area contributed by atoms with Gasteiger partial charge in [0.2, 0.25) is 0 Å². The Hall–Kier alpha value is -0.560. The first kappa shape index (κ1) is 18.5. The fourth-order valence-corrected chi connectivity index (χ4v) is 2.58. The first-order valence-electron chi connectivity index (χ1n) is 8.73. The van der Waals surface area contributed by atoms with Gasteiger partial charge in [0.05, 0.1) is 0 Å². The summed E-state index contributed by atoms with van der Waals surface area (Å²) in [6.07, 6.45) is 14.7. The molecule has 1 aliphatic rings. The number of unbranched alkanes of at least 4 members (excludes halogenated alkanes) is 8. The van der Waals surface area contributed by atoms with Crippen molar-refractivity contribution in [3.63, 3.8) is 0 Å². The van der Waals surface area contributed by atoms with Crippen molar-refractivity contribution in [3.05, 3.63) is 0 Å². The smallest absolute Gasteiger partial charge is 0.157 e. The molecule has 0 aromatic rings. The van der Waals surface area contributed by atoms with E-state index >= 15 is 0 Å². The summed E-state index contributed by atoms with van der Waals surface area (Å²) >= 11 is 0. The van der Waals surface area contributed by atoms with Gasteiger partial charge in [-0.2, -0.15) is 0 Å². The molecule has 1 saturated heterocycles. The minimum Gasteiger partial charge on any atom is -0.384 e. The summed E-state index contributed by atoms with van der Waals surface area (Å²) in [6.45, 7) is 1.72. The molecule has 122 valence electrons. The maximum Gasteiger partial charge on any atom is 0.157 e. The highest BCUT2D eigenvalue weighted by atomic mass is 16.7. The van der Waals surface area contributed by atoms with E-state index in [1.807, 2.05) is 0 Å². The molecule has 1 N–H and O–H groups in total. The fraction of sp³-hybridized carbons (Fsp3) is 0.889. The van der Waals surface area contributed by atoms with E-state index in [-0.39, 0.29) is 12.9 Å². The molecule has 0 radical (unpaired) electrons. The molecule has 1 unspecified atom stereocenters. The monoisotopic (exact) mass is 296 g/mol. The quantitative estimate of drug-likeness (QED) is 0.462. The van der Waals surface area contributed by atoms with Crippen LogP contribution in [0.2, 0.25) is 0 Å². The Morgan fingerprint density at radius 1 is 0.905 bits per heavy atom. The number of aliphatic hydroxyl groups excluding tert-OH is 1. The minimum absolute atomic E-state index is 0.00339. The van der Waals surface area contributed by atoms with E-state index in [9.17, 15) is 0 Å². The SMILES string of the molecule is OCC#CCCCCCCCCCCOC1CCCCO1. The van der Waals surface area contributed by atoms with Crippen LogP contribution in [0.25, 0.3) is 0 Å². The summed E-state index contributed by atoms with van der Waals surface area (Å²) in [5.41, 5.74) is 0. The molecule has 3 heteroatoms. The molecule has 0 aromatic carbocycles. The van der Waals surface area contributed by atoms with Crippen LogP contribution in [-0.2, 0) is 9.47 Å². The van der Waals surface area contributed by atoms with Crippen LogP contribution in [0.4, 0.5) is 0 Å². The van der Waals surface area contributed by atoms with E-state index in [1.54, 1.807) is 0 Å². The molecule has 1 aliphatic heterocycles. The number of ether oxygens (including phenoxy) is 2. The predicted molar refractivity (Wildman–Crippen MR) is 86.0 cm³/mol. The van der Waals surface area contributed by atoms with Gasteiger partial charge in [0.1, 0.15) is 6.61 Å². The lowest BCUT2D eigenvalue weighted by molar-refractivity contribution is -0.162. The van der Waals surface area contributed by atoms with Gasteiger partial charge in [0.15, 0.2) is 6.29 Å². The van der Waals surface area contributed by atoms with E-state index in [2.05, 4.69) is 11.8 Å². The van der Waals surface area contributed by atoms with Crippen LogP contribution in [0.1, 0.15) is 77.0 Å². The van der Waals surface area contributed by atoms with Gasteiger partial charge in [-0.15, -0.1) is 5.92 Å². The highest BCUT2D eigenvalue weighted by molar-refractivity contribution is 4.98. The molecule has 0 saturated carbocycles. The predicted octanol–water partition coefficient (Wildman–Crippen LogP) is 4.04. The second-order valence-corrected chi connectivity index (χ2v) is 5.76. The Morgan fingerprint density at radius 3 is 2.29 bits per heavy atom. The second kappa shape index (κ2) is 14.4. The second-order valence-electron chi connectivity index (χ2n) is 5.76. The third kappa shape index (κ3) is 11.7. The van der Waals surface area contributed by atoms with Gasteiger partial charge in [0, 0.05) is 19.6 Å². The molecule has 1 rings (SSSR count). The van der Waals surface area contributed by atoms with E-state index in [1.165, 1.54) is 57.8 Å². The van der Waals surface area contributed by atoms with Crippen LogP contribution in [0.5, 0.6) is 0 Å². The van der Waals surface area contributed by atoms with Crippen molar-refractivity contribution >= 4 is 0 Å². The topological polar surface area (TPSA) is 38.7 Å². The van der Waals surface area contributed by atoms with Gasteiger partial charge in [0.25, 0.3) is 0 Å². The molecular formula is C18H32O3. The fourth-order valence-electron chi connectivity index (χ4n) is 2.58. The van der Waals surface area contributed by atoms with Gasteiger partial charge < -0.3 is 14.6 Å². The van der Waals surface area contributed by atoms with Crippen molar-refractivity contribution in [1.82, 2.24) is 0 Å². The Bertz CT molecular complexity index is 274. The summed E-state index contributed by atoms with van der Waals surface area (Å²) in [4.78, 5) is 0. The van der Waals surface area contributed by atoms with E-state index in [0.717, 1.165) is 32.5 Å². The van der Waals surface area contributed by atoms with Crippen molar-refractivity contribution in [3.8, 4) is 11.8 Å². The number of aliphatic hydroxyl groups is 1. The van der Waals surface area contributed by atoms with Crippen LogP contribution in [0, 0.1) is 11.8 Å². The van der Waals surface area contributed by atoms with Crippen molar-refractivity contribution in [2.45, 2.75) is 83.3 Å². The molecule has 0 bridgehead atoms. The average Bonchev–Trinajstić information content (AvgIpc) is 2.53. The average molecular weight is 296 g/mol. The zero-order valence-electron chi connectivity index (χ0n) is 13.4. The Morgan fingerprint density at radius 2 is 1.62 bits per heavy atom. The highest BCUT2D eigenvalue weighted by Gasteiger charge is 2.13. The molecule has 21 heavy (non-hydrogen) atoms. The summed E-state index contributed by atoms with van der Waals surface area (Å²) in [5, 5.41) is 8.51. The molecule has 0 aromatic heterocycles. The van der Waals surface area contributed by atoms with Crippen molar-refractivity contribution < 1.29 is 14.6 Å². The Labute approximate surface area is 130 Å². The normalized spacial score (nSPS) is 18.2. The molecular weight excluding hydrogens is 264 g/mol. The third-order valence-electron chi connectivity index (χ3n) is 3.84. The molecule has 1 heterocycles. The zero-order valence-corrected chi connectivity index (χ0v) is 13.4. The maximum atomic E-state index is 8.51. The summed E-state index contributed by atoms with van der Waals surface area (Å²) in [5.74, 6) is 5.65. The van der Waals surface area contributed by atoms with E-state index in [4.69, 9.17) is 14.6 Å². The number of hydrogen-bond donors (Lipinski definition) is 1.